The fourth-order valence-corrected chi connectivity index (χ4v) is 0.662. The van der Waals surface area contributed by atoms with Crippen molar-refractivity contribution >= 4 is 11.9 Å². The highest BCUT2D eigenvalue weighted by Gasteiger charge is 2.23. The summed E-state index contributed by atoms with van der Waals surface area (Å²) in [5.41, 5.74) is 4.15. The molecule has 0 amide bonds. The van der Waals surface area contributed by atoms with E-state index in [-0.39, 0.29) is 18.7 Å². The average Bonchev–Trinajstić information content (AvgIpc) is 2.10. The second kappa shape index (κ2) is 5.50. The molecule has 2 N–H and O–H groups in total. The Hall–Kier alpha value is -1.36. The van der Waals surface area contributed by atoms with E-state index in [4.69, 9.17) is 10.5 Å². The summed E-state index contributed by atoms with van der Waals surface area (Å²) in [6, 6.07) is 0. The number of rotatable bonds is 4. The number of ether oxygens (including phenoxy) is 2. The van der Waals surface area contributed by atoms with Crippen LogP contribution in [0.5, 0.6) is 0 Å². The highest BCUT2D eigenvalue weighted by Crippen LogP contribution is 2.10. The van der Waals surface area contributed by atoms with Crippen molar-refractivity contribution in [3.8, 4) is 0 Å². The molecule has 15 heavy (non-hydrogen) atoms. The molecule has 0 rings (SSSR count). The lowest BCUT2D eigenvalue weighted by atomic mass is 10.2. The lowest BCUT2D eigenvalue weighted by molar-refractivity contribution is -0.154. The van der Waals surface area contributed by atoms with E-state index >= 15 is 0 Å². The van der Waals surface area contributed by atoms with Crippen molar-refractivity contribution < 1.29 is 19.1 Å². The van der Waals surface area contributed by atoms with Crippen molar-refractivity contribution in [2.75, 3.05) is 13.2 Å². The summed E-state index contributed by atoms with van der Waals surface area (Å²) in [6.45, 7) is 8.65. The van der Waals surface area contributed by atoms with Gasteiger partial charge in [0.1, 0.15) is 17.8 Å². The average molecular weight is 215 g/mol. The molecule has 0 aliphatic carbocycles. The Morgan fingerprint density at radius 1 is 1.27 bits per heavy atom. The molecule has 0 aromatic carbocycles. The quantitative estimate of drug-likeness (QED) is 0.317. The van der Waals surface area contributed by atoms with E-state index in [1.54, 1.807) is 20.8 Å². The van der Waals surface area contributed by atoms with Gasteiger partial charge in [0.2, 0.25) is 0 Å². The number of carbonyl (C=O) groups is 2. The van der Waals surface area contributed by atoms with E-state index < -0.39 is 17.5 Å². The maximum atomic E-state index is 11.3. The molecule has 0 aliphatic rings. The predicted molar refractivity (Wildman–Crippen MR) is 55.0 cm³/mol. The summed E-state index contributed by atoms with van der Waals surface area (Å²) in [7, 11) is 0. The van der Waals surface area contributed by atoms with Crippen LogP contribution in [-0.2, 0) is 19.1 Å². The molecule has 0 spiro atoms. The SMILES string of the molecule is C=C(C(=O)OCCN)C(=O)OC(C)(C)C. The number of esters is 2. The third-order valence-electron chi connectivity index (χ3n) is 1.24. The maximum Gasteiger partial charge on any atom is 0.345 e. The first kappa shape index (κ1) is 13.6. The minimum Gasteiger partial charge on any atom is -0.461 e. The molecule has 0 radical (unpaired) electrons. The van der Waals surface area contributed by atoms with Crippen LogP contribution in [0.25, 0.3) is 0 Å². The molecule has 0 fully saturated rings. The zero-order valence-electron chi connectivity index (χ0n) is 9.33. The first-order chi connectivity index (χ1) is 6.78. The van der Waals surface area contributed by atoms with Crippen LogP contribution < -0.4 is 5.73 Å². The molecule has 0 aromatic heterocycles. The number of hydrogen-bond acceptors (Lipinski definition) is 5. The predicted octanol–water partition coefficient (Wildman–Crippen LogP) is 0.386. The highest BCUT2D eigenvalue weighted by molar-refractivity contribution is 6.13. The number of carbonyl (C=O) groups excluding carboxylic acids is 2. The monoisotopic (exact) mass is 215 g/mol. The second-order valence-electron chi connectivity index (χ2n) is 3.91. The summed E-state index contributed by atoms with van der Waals surface area (Å²) >= 11 is 0. The van der Waals surface area contributed by atoms with Gasteiger partial charge in [0.25, 0.3) is 0 Å². The molecule has 0 atom stereocenters. The van der Waals surface area contributed by atoms with Gasteiger partial charge in [-0.15, -0.1) is 0 Å². The molecule has 0 saturated carbocycles. The first-order valence-electron chi connectivity index (χ1n) is 4.57. The Balaban J connectivity index is 4.21. The molecular formula is C10H17NO4. The molecule has 5 nitrogen and oxygen atoms in total. The lowest BCUT2D eigenvalue weighted by Crippen LogP contribution is -2.28. The van der Waals surface area contributed by atoms with Gasteiger partial charge in [-0.1, -0.05) is 6.58 Å². The van der Waals surface area contributed by atoms with Gasteiger partial charge in [0.05, 0.1) is 0 Å². The first-order valence-corrected chi connectivity index (χ1v) is 4.57. The van der Waals surface area contributed by atoms with Crippen LogP contribution in [0.4, 0.5) is 0 Å². The summed E-state index contributed by atoms with van der Waals surface area (Å²) < 4.78 is 9.55. The molecule has 0 bridgehead atoms. The van der Waals surface area contributed by atoms with Crippen LogP contribution >= 0.6 is 0 Å². The van der Waals surface area contributed by atoms with Crippen molar-refractivity contribution in [2.45, 2.75) is 26.4 Å². The Bertz CT molecular complexity index is 265. The standard InChI is InChI=1S/C10H17NO4/c1-7(8(12)14-6-5-11)9(13)15-10(2,3)4/h1,5-6,11H2,2-4H3. The Morgan fingerprint density at radius 2 is 1.80 bits per heavy atom. The second-order valence-corrected chi connectivity index (χ2v) is 3.91. The topological polar surface area (TPSA) is 78.6 Å². The van der Waals surface area contributed by atoms with Crippen molar-refractivity contribution in [1.82, 2.24) is 0 Å². The Labute approximate surface area is 89.2 Å². The molecular weight excluding hydrogens is 198 g/mol. The third kappa shape index (κ3) is 5.85. The smallest absolute Gasteiger partial charge is 0.345 e. The zero-order valence-corrected chi connectivity index (χ0v) is 9.33. The molecule has 0 saturated heterocycles. The van der Waals surface area contributed by atoms with Crippen LogP contribution in [0.3, 0.4) is 0 Å². The van der Waals surface area contributed by atoms with E-state index in [0.717, 1.165) is 0 Å². The minimum absolute atomic E-state index is 0.0562. The fraction of sp³-hybridized carbons (Fsp3) is 0.600. The van der Waals surface area contributed by atoms with Crippen molar-refractivity contribution in [3.05, 3.63) is 12.2 Å². The minimum atomic E-state index is -0.797. The van der Waals surface area contributed by atoms with Gasteiger partial charge in [0.15, 0.2) is 0 Å². The van der Waals surface area contributed by atoms with Crippen LogP contribution in [-0.4, -0.2) is 30.7 Å². The summed E-state index contributed by atoms with van der Waals surface area (Å²) in [5.74, 6) is -1.57. The van der Waals surface area contributed by atoms with Gasteiger partial charge in [-0.3, -0.25) is 0 Å². The third-order valence-corrected chi connectivity index (χ3v) is 1.24. The summed E-state index contributed by atoms with van der Waals surface area (Å²) in [6.07, 6.45) is 0. The van der Waals surface area contributed by atoms with Gasteiger partial charge in [-0.25, -0.2) is 9.59 Å². The van der Waals surface area contributed by atoms with Crippen LogP contribution in [0.15, 0.2) is 12.2 Å². The molecule has 86 valence electrons. The van der Waals surface area contributed by atoms with E-state index in [1.165, 1.54) is 0 Å². The van der Waals surface area contributed by atoms with Crippen molar-refractivity contribution in [3.63, 3.8) is 0 Å². The molecule has 0 unspecified atom stereocenters. The molecule has 0 aliphatic heterocycles. The van der Waals surface area contributed by atoms with E-state index in [1.807, 2.05) is 0 Å². The van der Waals surface area contributed by atoms with Crippen molar-refractivity contribution in [2.24, 2.45) is 5.73 Å². The number of nitrogens with two attached hydrogens (primary N) is 1. The Kier molecular flexibility index (Phi) is 5.00. The van der Waals surface area contributed by atoms with Gasteiger partial charge in [-0.05, 0) is 20.8 Å². The highest BCUT2D eigenvalue weighted by atomic mass is 16.6. The van der Waals surface area contributed by atoms with Crippen LogP contribution in [0.1, 0.15) is 20.8 Å². The molecule has 0 heterocycles. The summed E-state index contributed by atoms with van der Waals surface area (Å²) in [4.78, 5) is 22.5. The number of hydrogen-bond donors (Lipinski definition) is 1. The molecule has 0 aromatic rings. The largest absolute Gasteiger partial charge is 0.461 e. The zero-order chi connectivity index (χ0) is 12.1. The molecule has 5 heteroatoms. The van der Waals surface area contributed by atoms with Gasteiger partial charge in [0, 0.05) is 6.54 Å². The Morgan fingerprint density at radius 3 is 2.20 bits per heavy atom. The van der Waals surface area contributed by atoms with Crippen molar-refractivity contribution in [1.29, 1.82) is 0 Å². The van der Waals surface area contributed by atoms with Crippen LogP contribution in [0.2, 0.25) is 0 Å². The lowest BCUT2D eigenvalue weighted by Gasteiger charge is -2.19. The van der Waals surface area contributed by atoms with Gasteiger partial charge >= 0.3 is 11.9 Å². The van der Waals surface area contributed by atoms with E-state index in [0.29, 0.717) is 0 Å². The maximum absolute atomic E-state index is 11.3. The van der Waals surface area contributed by atoms with Crippen LogP contribution in [0, 0.1) is 0 Å². The van der Waals surface area contributed by atoms with Gasteiger partial charge in [-0.2, -0.15) is 0 Å². The van der Waals surface area contributed by atoms with Gasteiger partial charge < -0.3 is 15.2 Å². The fourth-order valence-electron chi connectivity index (χ4n) is 0.662. The normalized spacial score (nSPS) is 10.7. The van der Waals surface area contributed by atoms with E-state index in [2.05, 4.69) is 11.3 Å². The van der Waals surface area contributed by atoms with E-state index in [9.17, 15) is 9.59 Å². The summed E-state index contributed by atoms with van der Waals surface area (Å²) in [5, 5.41) is 0.